The molecule has 0 saturated carbocycles. The lowest BCUT2D eigenvalue weighted by molar-refractivity contribution is -0.130. The lowest BCUT2D eigenvalue weighted by atomic mass is 9.90. The summed E-state index contributed by atoms with van der Waals surface area (Å²) in [4.78, 5) is 15.7. The van der Waals surface area contributed by atoms with Crippen LogP contribution in [0.2, 0.25) is 0 Å². The van der Waals surface area contributed by atoms with Crippen LogP contribution in [-0.4, -0.2) is 81.3 Å². The predicted molar refractivity (Wildman–Crippen MR) is 106 cm³/mol. The highest BCUT2D eigenvalue weighted by molar-refractivity contribution is 5.73. The van der Waals surface area contributed by atoms with E-state index in [-0.39, 0.29) is 12.0 Å². The Morgan fingerprint density at radius 3 is 2.41 bits per heavy atom. The zero-order valence-electron chi connectivity index (χ0n) is 16.7. The molecule has 3 rings (SSSR count). The van der Waals surface area contributed by atoms with Gasteiger partial charge in [0.05, 0.1) is 6.61 Å². The van der Waals surface area contributed by atoms with Crippen LogP contribution in [-0.2, 0) is 9.53 Å². The minimum atomic E-state index is -0.0105. The zero-order chi connectivity index (χ0) is 19.1. The van der Waals surface area contributed by atoms with Crippen LogP contribution in [0.5, 0.6) is 5.75 Å². The third-order valence-corrected chi connectivity index (χ3v) is 5.63. The topological polar surface area (TPSA) is 54.0 Å². The SMILES string of the molecule is COC[C@H](CN1CCN(C(C)=O)CC1)Oc1ccc(C2CCNCC2)cc1. The molecule has 0 radical (unpaired) electrons. The van der Waals surface area contributed by atoms with Gasteiger partial charge in [-0.2, -0.15) is 0 Å². The number of carbonyl (C=O) groups is 1. The van der Waals surface area contributed by atoms with Crippen LogP contribution in [0.25, 0.3) is 0 Å². The Kier molecular flexibility index (Phi) is 7.50. The highest BCUT2D eigenvalue weighted by Gasteiger charge is 2.22. The number of nitrogens with one attached hydrogen (secondary N) is 1. The van der Waals surface area contributed by atoms with Crippen LogP contribution in [0.4, 0.5) is 0 Å². The van der Waals surface area contributed by atoms with Crippen molar-refractivity contribution in [2.24, 2.45) is 0 Å². The van der Waals surface area contributed by atoms with Crippen LogP contribution < -0.4 is 10.1 Å². The Hall–Kier alpha value is -1.63. The maximum atomic E-state index is 11.5. The van der Waals surface area contributed by atoms with E-state index in [0.29, 0.717) is 12.5 Å². The van der Waals surface area contributed by atoms with Gasteiger partial charge in [-0.05, 0) is 49.5 Å². The number of benzene rings is 1. The van der Waals surface area contributed by atoms with E-state index < -0.39 is 0 Å². The summed E-state index contributed by atoms with van der Waals surface area (Å²) in [5.74, 6) is 1.72. The molecule has 2 aliphatic rings. The third-order valence-electron chi connectivity index (χ3n) is 5.63. The monoisotopic (exact) mass is 375 g/mol. The molecule has 1 aromatic carbocycles. The summed E-state index contributed by atoms with van der Waals surface area (Å²) < 4.78 is 11.6. The highest BCUT2D eigenvalue weighted by atomic mass is 16.5. The van der Waals surface area contributed by atoms with Gasteiger partial charge in [-0.15, -0.1) is 0 Å². The summed E-state index contributed by atoms with van der Waals surface area (Å²) >= 11 is 0. The van der Waals surface area contributed by atoms with Gasteiger partial charge in [0.25, 0.3) is 0 Å². The van der Waals surface area contributed by atoms with Gasteiger partial charge in [0.2, 0.25) is 5.91 Å². The number of amides is 1. The Balaban J connectivity index is 1.52. The Morgan fingerprint density at radius 1 is 1.15 bits per heavy atom. The van der Waals surface area contributed by atoms with Gasteiger partial charge >= 0.3 is 0 Å². The molecule has 150 valence electrons. The molecule has 2 fully saturated rings. The Labute approximate surface area is 162 Å². The van der Waals surface area contributed by atoms with E-state index in [4.69, 9.17) is 9.47 Å². The third kappa shape index (κ3) is 5.92. The molecule has 0 aromatic heterocycles. The molecule has 1 atom stereocenters. The first-order valence-corrected chi connectivity index (χ1v) is 10.1. The van der Waals surface area contributed by atoms with Gasteiger partial charge in [-0.3, -0.25) is 9.69 Å². The van der Waals surface area contributed by atoms with Gasteiger partial charge < -0.3 is 19.7 Å². The summed E-state index contributed by atoms with van der Waals surface area (Å²) in [5.41, 5.74) is 1.41. The number of piperazine rings is 1. The fourth-order valence-corrected chi connectivity index (χ4v) is 4.01. The smallest absolute Gasteiger partial charge is 0.219 e. The molecule has 0 aliphatic carbocycles. The van der Waals surface area contributed by atoms with Crippen molar-refractivity contribution in [2.45, 2.75) is 31.8 Å². The number of hydrogen-bond donors (Lipinski definition) is 1. The van der Waals surface area contributed by atoms with Gasteiger partial charge in [0.1, 0.15) is 11.9 Å². The Bertz CT molecular complexity index is 579. The number of ether oxygens (including phenoxy) is 2. The van der Waals surface area contributed by atoms with E-state index in [2.05, 4.69) is 34.5 Å². The van der Waals surface area contributed by atoms with Crippen molar-refractivity contribution in [1.29, 1.82) is 0 Å². The molecule has 6 nitrogen and oxygen atoms in total. The maximum absolute atomic E-state index is 11.5. The lowest BCUT2D eigenvalue weighted by Gasteiger charge is -2.35. The van der Waals surface area contributed by atoms with Gasteiger partial charge in [-0.25, -0.2) is 0 Å². The molecule has 2 heterocycles. The standard InChI is InChI=1S/C21H33N3O3/c1-17(25)24-13-11-23(12-14-24)15-21(16-26-2)27-20-5-3-18(4-6-20)19-7-9-22-10-8-19/h3-6,19,21-22H,7-16H2,1-2H3/t21-/m0/s1. The minimum Gasteiger partial charge on any atom is -0.487 e. The second-order valence-corrected chi connectivity index (χ2v) is 7.60. The van der Waals surface area contributed by atoms with Crippen molar-refractivity contribution in [1.82, 2.24) is 15.1 Å². The number of nitrogens with zero attached hydrogens (tertiary/aromatic N) is 2. The van der Waals surface area contributed by atoms with Crippen LogP contribution >= 0.6 is 0 Å². The van der Waals surface area contributed by atoms with E-state index in [9.17, 15) is 4.79 Å². The first kappa shape index (κ1) is 20.1. The summed E-state index contributed by atoms with van der Waals surface area (Å²) in [6.45, 7) is 8.58. The molecule has 0 spiro atoms. The molecule has 27 heavy (non-hydrogen) atoms. The molecule has 0 bridgehead atoms. The van der Waals surface area contributed by atoms with Gasteiger partial charge in [-0.1, -0.05) is 12.1 Å². The van der Waals surface area contributed by atoms with Crippen molar-refractivity contribution in [2.75, 3.05) is 59.5 Å². The summed E-state index contributed by atoms with van der Waals surface area (Å²) in [5, 5.41) is 3.42. The second kappa shape index (κ2) is 10.1. The first-order valence-electron chi connectivity index (χ1n) is 10.1. The van der Waals surface area contributed by atoms with Crippen molar-refractivity contribution >= 4 is 5.91 Å². The van der Waals surface area contributed by atoms with E-state index in [0.717, 1.165) is 51.6 Å². The molecular weight excluding hydrogens is 342 g/mol. The largest absolute Gasteiger partial charge is 0.487 e. The van der Waals surface area contributed by atoms with Crippen LogP contribution in [0.1, 0.15) is 31.2 Å². The lowest BCUT2D eigenvalue weighted by Crippen LogP contribution is -2.51. The highest BCUT2D eigenvalue weighted by Crippen LogP contribution is 2.27. The van der Waals surface area contributed by atoms with Crippen LogP contribution in [0, 0.1) is 0 Å². The number of piperidine rings is 1. The average molecular weight is 376 g/mol. The minimum absolute atomic E-state index is 0.0105. The predicted octanol–water partition coefficient (Wildman–Crippen LogP) is 1.71. The van der Waals surface area contributed by atoms with Crippen molar-refractivity contribution in [3.63, 3.8) is 0 Å². The van der Waals surface area contributed by atoms with Crippen molar-refractivity contribution in [3.05, 3.63) is 29.8 Å². The molecule has 1 aromatic rings. The zero-order valence-corrected chi connectivity index (χ0v) is 16.7. The van der Waals surface area contributed by atoms with Crippen molar-refractivity contribution in [3.8, 4) is 5.75 Å². The molecule has 1 amide bonds. The van der Waals surface area contributed by atoms with E-state index in [1.165, 1.54) is 18.4 Å². The van der Waals surface area contributed by atoms with Crippen LogP contribution in [0.15, 0.2) is 24.3 Å². The maximum Gasteiger partial charge on any atom is 0.219 e. The van der Waals surface area contributed by atoms with Crippen LogP contribution in [0.3, 0.4) is 0 Å². The van der Waals surface area contributed by atoms with E-state index >= 15 is 0 Å². The second-order valence-electron chi connectivity index (χ2n) is 7.60. The molecule has 2 saturated heterocycles. The summed E-state index contributed by atoms with van der Waals surface area (Å²) in [6.07, 6.45) is 2.40. The van der Waals surface area contributed by atoms with E-state index in [1.54, 1.807) is 14.0 Å². The number of carbonyl (C=O) groups excluding carboxylic acids is 1. The summed E-state index contributed by atoms with van der Waals surface area (Å²) in [6, 6.07) is 8.60. The quantitative estimate of drug-likeness (QED) is 0.786. The molecule has 0 unspecified atom stereocenters. The molecular formula is C21H33N3O3. The fourth-order valence-electron chi connectivity index (χ4n) is 4.01. The van der Waals surface area contributed by atoms with Crippen molar-refractivity contribution < 1.29 is 14.3 Å². The number of methoxy groups -OCH3 is 1. The molecule has 6 heteroatoms. The van der Waals surface area contributed by atoms with Gasteiger partial charge in [0, 0.05) is 46.8 Å². The molecule has 2 aliphatic heterocycles. The average Bonchev–Trinajstić information content (AvgIpc) is 2.70. The Morgan fingerprint density at radius 2 is 1.81 bits per heavy atom. The molecule has 1 N–H and O–H groups in total. The number of rotatable bonds is 7. The first-order chi connectivity index (χ1) is 13.2. The van der Waals surface area contributed by atoms with E-state index in [1.807, 2.05) is 4.90 Å². The van der Waals surface area contributed by atoms with Gasteiger partial charge in [0.15, 0.2) is 0 Å². The number of hydrogen-bond acceptors (Lipinski definition) is 5. The summed E-state index contributed by atoms with van der Waals surface area (Å²) in [7, 11) is 1.71. The fraction of sp³-hybridized carbons (Fsp3) is 0.667. The normalized spacial score (nSPS) is 20.4.